The Kier molecular flexibility index (Phi) is 12.3. The summed E-state index contributed by atoms with van der Waals surface area (Å²) in [5.41, 5.74) is -2.19. The lowest BCUT2D eigenvalue weighted by Crippen LogP contribution is -2.62. The molecule has 1 amide bonds. The highest BCUT2D eigenvalue weighted by Gasteiger charge is 2.74. The fourth-order valence-corrected chi connectivity index (χ4v) is 5.94. The highest BCUT2D eigenvalue weighted by atomic mass is 16.7. The van der Waals surface area contributed by atoms with Crippen molar-refractivity contribution in [3.8, 4) is 0 Å². The molecule has 0 unspecified atom stereocenters. The van der Waals surface area contributed by atoms with Crippen LogP contribution in [0.3, 0.4) is 0 Å². The number of amidine groups is 1. The maximum absolute atomic E-state index is 13.3. The summed E-state index contributed by atoms with van der Waals surface area (Å²) in [5.74, 6) is -7.08. The third-order valence-corrected chi connectivity index (χ3v) is 7.37. The Morgan fingerprint density at radius 2 is 1.12 bits per heavy atom. The van der Waals surface area contributed by atoms with Crippen molar-refractivity contribution >= 4 is 53.7 Å². The molecule has 1 aliphatic carbocycles. The molecule has 0 aromatic heterocycles. The third kappa shape index (κ3) is 8.60. The standard InChI is InChI=1S/C29H38N2O18/c1-11(33)31-25-22(44-15(5)37)23(45-16(6)38)26(47-18(8)40)29(25,10-32)49-28(31)30-27-24(46-17(7)39)21(43-14(4)36)20(42-13(3)35)19(48-27)9-41-12(2)34/h19-27,32H,9-10H2,1-8H3/b30-28+/t19-,20-,21+,22+,23+,24-,25+,26+,27+,29+/m1/s1. The van der Waals surface area contributed by atoms with Crippen molar-refractivity contribution in [3.63, 3.8) is 0 Å². The SMILES string of the molecule is CC(=O)OC[C@H]1O[C@H](/N=C2/O[C@@]3(CO)[C@H]([C@@H](OC(C)=O)[C@H](OC(C)=O)[C@@H]3OC(C)=O)N2C(C)=O)[C@H](OC(C)=O)[C@@H](OC(C)=O)[C@@H]1OC(C)=O. The summed E-state index contributed by atoms with van der Waals surface area (Å²) >= 11 is 0. The number of ether oxygens (including phenoxy) is 9. The van der Waals surface area contributed by atoms with Crippen molar-refractivity contribution in [1.29, 1.82) is 0 Å². The second-order valence-electron chi connectivity index (χ2n) is 11.2. The van der Waals surface area contributed by atoms with Gasteiger partial charge in [-0.3, -0.25) is 43.3 Å². The van der Waals surface area contributed by atoms with Crippen molar-refractivity contribution in [2.45, 2.75) is 116 Å². The zero-order chi connectivity index (χ0) is 37.0. The molecular weight excluding hydrogens is 664 g/mol. The second kappa shape index (κ2) is 15.6. The van der Waals surface area contributed by atoms with Gasteiger partial charge in [-0.25, -0.2) is 0 Å². The number of amides is 1. The number of hydrogen-bond donors (Lipinski definition) is 1. The highest BCUT2D eigenvalue weighted by molar-refractivity contribution is 5.96. The molecule has 3 fully saturated rings. The molecule has 1 saturated carbocycles. The highest BCUT2D eigenvalue weighted by Crippen LogP contribution is 2.47. The molecule has 0 bridgehead atoms. The smallest absolute Gasteiger partial charge is 0.303 e. The van der Waals surface area contributed by atoms with Crippen molar-refractivity contribution < 1.29 is 86.1 Å². The van der Waals surface area contributed by atoms with E-state index in [4.69, 9.17) is 42.6 Å². The fourth-order valence-electron chi connectivity index (χ4n) is 5.94. The summed E-state index contributed by atoms with van der Waals surface area (Å²) in [6.07, 6.45) is -13.0. The number of nitrogens with zero attached hydrogens (tertiary/aromatic N) is 2. The minimum Gasteiger partial charge on any atom is -0.463 e. The Labute approximate surface area is 279 Å². The Morgan fingerprint density at radius 1 is 0.653 bits per heavy atom. The average molecular weight is 703 g/mol. The number of carbonyl (C=O) groups excluding carboxylic acids is 8. The van der Waals surface area contributed by atoms with Crippen LogP contribution in [0.15, 0.2) is 4.99 Å². The van der Waals surface area contributed by atoms with Crippen LogP contribution in [0.2, 0.25) is 0 Å². The summed E-state index contributed by atoms with van der Waals surface area (Å²) in [4.78, 5) is 103. The van der Waals surface area contributed by atoms with Gasteiger partial charge in [-0.1, -0.05) is 0 Å². The van der Waals surface area contributed by atoms with Crippen LogP contribution in [0.4, 0.5) is 0 Å². The molecule has 272 valence electrons. The van der Waals surface area contributed by atoms with Crippen LogP contribution >= 0.6 is 0 Å². The van der Waals surface area contributed by atoms with E-state index in [0.717, 1.165) is 60.3 Å². The summed E-state index contributed by atoms with van der Waals surface area (Å²) in [7, 11) is 0. The minimum absolute atomic E-state index is 0.590. The van der Waals surface area contributed by atoms with E-state index in [-0.39, 0.29) is 0 Å². The van der Waals surface area contributed by atoms with E-state index in [1.807, 2.05) is 0 Å². The van der Waals surface area contributed by atoms with Crippen molar-refractivity contribution in [1.82, 2.24) is 4.90 Å². The molecule has 20 heteroatoms. The van der Waals surface area contributed by atoms with E-state index >= 15 is 0 Å². The zero-order valence-electron chi connectivity index (χ0n) is 27.9. The van der Waals surface area contributed by atoms with Gasteiger partial charge < -0.3 is 47.7 Å². The van der Waals surface area contributed by atoms with Crippen LogP contribution in [0, 0.1) is 0 Å². The van der Waals surface area contributed by atoms with E-state index in [1.165, 1.54) is 0 Å². The number of aliphatic hydroxyl groups excluding tert-OH is 1. The second-order valence-corrected chi connectivity index (χ2v) is 11.2. The largest absolute Gasteiger partial charge is 0.463 e. The van der Waals surface area contributed by atoms with Gasteiger partial charge in [0.05, 0.1) is 6.61 Å². The molecule has 3 aliphatic rings. The van der Waals surface area contributed by atoms with Crippen LogP contribution < -0.4 is 0 Å². The Balaban J connectivity index is 2.26. The minimum atomic E-state index is -2.19. The first-order valence-corrected chi connectivity index (χ1v) is 14.8. The number of esters is 7. The first-order chi connectivity index (χ1) is 22.8. The predicted octanol–water partition coefficient (Wildman–Crippen LogP) is -1.79. The van der Waals surface area contributed by atoms with E-state index in [0.29, 0.717) is 0 Å². The summed E-state index contributed by atoms with van der Waals surface area (Å²) in [5, 5.41) is 10.8. The molecule has 10 atom stereocenters. The average Bonchev–Trinajstić information content (AvgIpc) is 3.39. The number of aliphatic hydroxyl groups is 1. The van der Waals surface area contributed by atoms with E-state index in [2.05, 4.69) is 4.99 Å². The number of fused-ring (bicyclic) bond motifs is 1. The van der Waals surface area contributed by atoms with Crippen LogP contribution in [0.5, 0.6) is 0 Å². The Morgan fingerprint density at radius 3 is 1.59 bits per heavy atom. The van der Waals surface area contributed by atoms with Gasteiger partial charge in [-0.05, 0) is 0 Å². The van der Waals surface area contributed by atoms with Crippen LogP contribution in [-0.4, -0.2) is 138 Å². The summed E-state index contributed by atoms with van der Waals surface area (Å²) in [6, 6.07) is -2.22. The number of aliphatic imine (C=N–C) groups is 1. The molecule has 2 aliphatic heterocycles. The summed E-state index contributed by atoms with van der Waals surface area (Å²) in [6.45, 7) is 6.61. The molecule has 0 spiro atoms. The van der Waals surface area contributed by atoms with Gasteiger partial charge in [0.15, 0.2) is 48.5 Å². The quantitative estimate of drug-likeness (QED) is 0.195. The maximum atomic E-state index is 13.3. The van der Waals surface area contributed by atoms with Gasteiger partial charge in [0.25, 0.3) is 6.02 Å². The van der Waals surface area contributed by atoms with Crippen LogP contribution in [0.25, 0.3) is 0 Å². The van der Waals surface area contributed by atoms with E-state index < -0.39 is 128 Å². The maximum Gasteiger partial charge on any atom is 0.303 e. The van der Waals surface area contributed by atoms with E-state index in [9.17, 15) is 43.5 Å². The molecule has 1 N–H and O–H groups in total. The molecule has 0 aromatic carbocycles. The normalized spacial score (nSPS) is 32.6. The molecule has 2 saturated heterocycles. The topological polar surface area (TPSA) is 255 Å². The third-order valence-electron chi connectivity index (χ3n) is 7.37. The summed E-state index contributed by atoms with van der Waals surface area (Å²) < 4.78 is 49.5. The molecule has 20 nitrogen and oxygen atoms in total. The van der Waals surface area contributed by atoms with Crippen molar-refractivity contribution in [3.05, 3.63) is 0 Å². The lowest BCUT2D eigenvalue weighted by atomic mass is 9.95. The Bertz CT molecular complexity index is 1400. The van der Waals surface area contributed by atoms with Gasteiger partial charge in [0.1, 0.15) is 18.8 Å². The van der Waals surface area contributed by atoms with Crippen molar-refractivity contribution in [2.24, 2.45) is 4.99 Å². The molecule has 3 rings (SSSR count). The predicted molar refractivity (Wildman–Crippen MR) is 153 cm³/mol. The lowest BCUT2D eigenvalue weighted by molar-refractivity contribution is -0.251. The Hall–Kier alpha value is -4.85. The van der Waals surface area contributed by atoms with Crippen molar-refractivity contribution in [2.75, 3.05) is 13.2 Å². The lowest BCUT2D eigenvalue weighted by Gasteiger charge is -2.43. The van der Waals surface area contributed by atoms with Gasteiger partial charge >= 0.3 is 41.8 Å². The van der Waals surface area contributed by atoms with Gasteiger partial charge in [-0.2, -0.15) is 4.99 Å². The molecular formula is C29H38N2O18. The first kappa shape index (κ1) is 38.6. The van der Waals surface area contributed by atoms with Crippen LogP contribution in [0.1, 0.15) is 55.4 Å². The number of hydrogen-bond acceptors (Lipinski definition) is 19. The van der Waals surface area contributed by atoms with Gasteiger partial charge in [0, 0.05) is 55.4 Å². The number of rotatable bonds is 10. The zero-order valence-corrected chi connectivity index (χ0v) is 27.9. The molecule has 49 heavy (non-hydrogen) atoms. The molecule has 0 aromatic rings. The monoisotopic (exact) mass is 702 g/mol. The van der Waals surface area contributed by atoms with Gasteiger partial charge in [0.2, 0.25) is 5.91 Å². The fraction of sp³-hybridized carbons (Fsp3) is 0.690. The molecule has 0 radical (unpaired) electrons. The van der Waals surface area contributed by atoms with E-state index in [1.54, 1.807) is 0 Å². The van der Waals surface area contributed by atoms with Crippen LogP contribution in [-0.2, 0) is 81.0 Å². The molecule has 2 heterocycles. The first-order valence-electron chi connectivity index (χ1n) is 14.8. The van der Waals surface area contributed by atoms with Gasteiger partial charge in [-0.15, -0.1) is 0 Å². The number of carbonyl (C=O) groups is 8.